The first kappa shape index (κ1) is 16.5. The summed E-state index contributed by atoms with van der Waals surface area (Å²) in [6, 6.07) is 12.8. The zero-order valence-electron chi connectivity index (χ0n) is 13.0. The first-order valence-corrected chi connectivity index (χ1v) is 7.79. The Balaban J connectivity index is 1.61. The maximum absolute atomic E-state index is 12.7. The number of carbonyl (C=O) groups is 1. The summed E-state index contributed by atoms with van der Waals surface area (Å²) in [5.41, 5.74) is 1.94. The van der Waals surface area contributed by atoms with Gasteiger partial charge in [-0.3, -0.25) is 4.79 Å². The lowest BCUT2D eigenvalue weighted by Crippen LogP contribution is -3.12. The Morgan fingerprint density at radius 2 is 1.83 bits per heavy atom. The number of hydrogen-bond acceptors (Lipinski definition) is 1. The summed E-state index contributed by atoms with van der Waals surface area (Å²) in [7, 11) is 0. The van der Waals surface area contributed by atoms with Crippen LogP contribution >= 0.6 is 0 Å². The molecule has 0 fully saturated rings. The molecule has 0 radical (unpaired) electrons. The van der Waals surface area contributed by atoms with Crippen molar-refractivity contribution in [2.45, 2.75) is 19.1 Å². The summed E-state index contributed by atoms with van der Waals surface area (Å²) >= 11 is 0. The number of hydrogen-bond donors (Lipinski definition) is 2. The number of benzene rings is 2. The van der Waals surface area contributed by atoms with E-state index in [1.165, 1.54) is 23.3 Å². The second-order valence-electron chi connectivity index (χ2n) is 6.00. The fourth-order valence-corrected chi connectivity index (χ4v) is 3.00. The number of halogens is 3. The molecule has 3 nitrogen and oxygen atoms in total. The fraction of sp³-hybridized carbons (Fsp3) is 0.278. The predicted octanol–water partition coefficient (Wildman–Crippen LogP) is 2.29. The molecular formula is C18H18F3N2O+. The topological polar surface area (TPSA) is 33.5 Å². The van der Waals surface area contributed by atoms with E-state index in [0.717, 1.165) is 36.5 Å². The minimum absolute atomic E-state index is 0.173. The van der Waals surface area contributed by atoms with E-state index in [1.807, 2.05) is 12.1 Å². The Morgan fingerprint density at radius 1 is 1.08 bits per heavy atom. The number of alkyl halides is 3. The summed E-state index contributed by atoms with van der Waals surface area (Å²) in [4.78, 5) is 13.2. The van der Waals surface area contributed by atoms with E-state index in [-0.39, 0.29) is 18.1 Å². The number of carbonyl (C=O) groups excluding carboxylic acids is 1. The largest absolute Gasteiger partial charge is 0.416 e. The molecule has 2 aromatic carbocycles. The van der Waals surface area contributed by atoms with Crippen LogP contribution in [0, 0.1) is 0 Å². The third-order valence-corrected chi connectivity index (χ3v) is 4.19. The van der Waals surface area contributed by atoms with Crippen molar-refractivity contribution < 1.29 is 22.9 Å². The van der Waals surface area contributed by atoms with Gasteiger partial charge in [0.05, 0.1) is 12.1 Å². The van der Waals surface area contributed by atoms with Gasteiger partial charge in [-0.05, 0) is 23.8 Å². The first-order valence-electron chi connectivity index (χ1n) is 7.79. The quantitative estimate of drug-likeness (QED) is 0.887. The van der Waals surface area contributed by atoms with Crippen molar-refractivity contribution in [2.75, 3.05) is 18.4 Å². The Labute approximate surface area is 138 Å². The van der Waals surface area contributed by atoms with Crippen LogP contribution in [0.5, 0.6) is 0 Å². The van der Waals surface area contributed by atoms with Crippen LogP contribution in [0.25, 0.3) is 0 Å². The third-order valence-electron chi connectivity index (χ3n) is 4.19. The molecule has 0 saturated carbocycles. The molecule has 0 bridgehead atoms. The summed E-state index contributed by atoms with van der Waals surface area (Å²) in [5, 5.41) is 2.57. The number of rotatable bonds is 3. The van der Waals surface area contributed by atoms with Crippen molar-refractivity contribution in [3.63, 3.8) is 0 Å². The second-order valence-corrected chi connectivity index (χ2v) is 6.00. The normalized spacial score (nSPS) is 17.2. The van der Waals surface area contributed by atoms with Crippen LogP contribution in [0.15, 0.2) is 48.5 Å². The molecule has 0 aliphatic carbocycles. The predicted molar refractivity (Wildman–Crippen MR) is 84.6 cm³/mol. The van der Waals surface area contributed by atoms with Gasteiger partial charge in [0.1, 0.15) is 6.54 Å². The summed E-state index contributed by atoms with van der Waals surface area (Å²) in [6.07, 6.45) is -3.51. The van der Waals surface area contributed by atoms with Crippen LogP contribution in [0.4, 0.5) is 18.9 Å². The molecule has 1 amide bonds. The molecule has 0 spiro atoms. The Morgan fingerprint density at radius 3 is 2.58 bits per heavy atom. The van der Waals surface area contributed by atoms with E-state index in [9.17, 15) is 18.0 Å². The monoisotopic (exact) mass is 335 g/mol. The Kier molecular flexibility index (Phi) is 4.57. The number of quaternary nitrogens is 1. The summed E-state index contributed by atoms with van der Waals surface area (Å²) in [6.45, 7) is 1.84. The molecule has 1 aliphatic rings. The van der Waals surface area contributed by atoms with Gasteiger partial charge in [-0.1, -0.05) is 30.3 Å². The lowest BCUT2D eigenvalue weighted by molar-refractivity contribution is -0.907. The van der Waals surface area contributed by atoms with Gasteiger partial charge in [0.25, 0.3) is 5.91 Å². The molecule has 0 aromatic heterocycles. The smallest absolute Gasteiger partial charge is 0.323 e. The lowest BCUT2D eigenvalue weighted by atomic mass is 10.00. The standard InChI is InChI=1S/C18H17F3N2O/c19-18(20,21)15-6-3-7-16(10-15)22-17(24)12-23-9-8-13-4-1-2-5-14(13)11-23/h1-7,10H,8-9,11-12H2,(H,22,24)/p+1. The molecule has 0 saturated heterocycles. The highest BCUT2D eigenvalue weighted by molar-refractivity contribution is 5.91. The zero-order chi connectivity index (χ0) is 17.2. The van der Waals surface area contributed by atoms with Gasteiger partial charge in [0.15, 0.2) is 6.54 Å². The van der Waals surface area contributed by atoms with Crippen LogP contribution in [-0.4, -0.2) is 19.0 Å². The fourth-order valence-electron chi connectivity index (χ4n) is 3.00. The van der Waals surface area contributed by atoms with Gasteiger partial charge >= 0.3 is 6.18 Å². The maximum Gasteiger partial charge on any atom is 0.416 e. The Hall–Kier alpha value is -2.34. The number of amides is 1. The highest BCUT2D eigenvalue weighted by Gasteiger charge is 2.30. The molecule has 1 atom stereocenters. The van der Waals surface area contributed by atoms with Crippen molar-refractivity contribution in [1.29, 1.82) is 0 Å². The van der Waals surface area contributed by atoms with Gasteiger partial charge in [0.2, 0.25) is 0 Å². The molecule has 3 rings (SSSR count). The molecule has 6 heteroatoms. The van der Waals surface area contributed by atoms with Crippen LogP contribution in [0.3, 0.4) is 0 Å². The van der Waals surface area contributed by atoms with Crippen molar-refractivity contribution in [3.05, 3.63) is 65.2 Å². The van der Waals surface area contributed by atoms with Gasteiger partial charge in [-0.25, -0.2) is 0 Å². The van der Waals surface area contributed by atoms with Gasteiger partial charge in [0, 0.05) is 17.7 Å². The van der Waals surface area contributed by atoms with Gasteiger partial charge in [-0.2, -0.15) is 13.2 Å². The van der Waals surface area contributed by atoms with E-state index in [1.54, 1.807) is 0 Å². The second kappa shape index (κ2) is 6.65. The van der Waals surface area contributed by atoms with Crippen molar-refractivity contribution >= 4 is 11.6 Å². The Bertz CT molecular complexity index is 743. The minimum Gasteiger partial charge on any atom is -0.323 e. The average Bonchev–Trinajstić information content (AvgIpc) is 2.54. The van der Waals surface area contributed by atoms with Gasteiger partial charge < -0.3 is 10.2 Å². The van der Waals surface area contributed by atoms with Crippen LogP contribution in [0.2, 0.25) is 0 Å². The zero-order valence-corrected chi connectivity index (χ0v) is 13.0. The highest BCUT2D eigenvalue weighted by Crippen LogP contribution is 2.30. The first-order chi connectivity index (χ1) is 11.4. The summed E-state index contributed by atoms with van der Waals surface area (Å²) in [5.74, 6) is -0.274. The molecule has 126 valence electrons. The average molecular weight is 335 g/mol. The molecule has 2 aromatic rings. The minimum atomic E-state index is -4.41. The number of nitrogens with one attached hydrogen (secondary N) is 2. The molecule has 24 heavy (non-hydrogen) atoms. The van der Waals surface area contributed by atoms with Crippen molar-refractivity contribution in [1.82, 2.24) is 0 Å². The van der Waals surface area contributed by atoms with E-state index in [4.69, 9.17) is 0 Å². The molecule has 1 unspecified atom stereocenters. The van der Waals surface area contributed by atoms with E-state index < -0.39 is 11.7 Å². The highest BCUT2D eigenvalue weighted by atomic mass is 19.4. The molecule has 1 aliphatic heterocycles. The van der Waals surface area contributed by atoms with Crippen LogP contribution < -0.4 is 10.2 Å². The van der Waals surface area contributed by atoms with Crippen molar-refractivity contribution in [2.24, 2.45) is 0 Å². The molecule has 1 heterocycles. The molecular weight excluding hydrogens is 317 g/mol. The van der Waals surface area contributed by atoms with Crippen molar-refractivity contribution in [3.8, 4) is 0 Å². The lowest BCUT2D eigenvalue weighted by Gasteiger charge is -2.25. The third kappa shape index (κ3) is 3.94. The van der Waals surface area contributed by atoms with Gasteiger partial charge in [-0.15, -0.1) is 0 Å². The van der Waals surface area contributed by atoms with E-state index >= 15 is 0 Å². The van der Waals surface area contributed by atoms with E-state index in [2.05, 4.69) is 17.4 Å². The number of anilines is 1. The van der Waals surface area contributed by atoms with Crippen LogP contribution in [0.1, 0.15) is 16.7 Å². The SMILES string of the molecule is O=C(C[NH+]1CCc2ccccc2C1)Nc1cccc(C(F)(F)F)c1. The van der Waals surface area contributed by atoms with E-state index in [0.29, 0.717) is 0 Å². The van der Waals surface area contributed by atoms with Crippen LogP contribution in [-0.2, 0) is 23.9 Å². The number of fused-ring (bicyclic) bond motifs is 1. The summed E-state index contributed by atoms with van der Waals surface area (Å²) < 4.78 is 38.1. The maximum atomic E-state index is 12.7. The molecule has 2 N–H and O–H groups in total.